The minimum Gasteiger partial charge on any atom is -0.480 e. The van der Waals surface area contributed by atoms with Gasteiger partial charge in [0.2, 0.25) is 5.91 Å². The number of carboxylic acids is 1. The number of carboxylic acid groups (broad SMARTS) is 1. The van der Waals surface area contributed by atoms with Crippen LogP contribution in [0.5, 0.6) is 0 Å². The van der Waals surface area contributed by atoms with Gasteiger partial charge in [-0.25, -0.2) is 9.78 Å². The fourth-order valence-corrected chi connectivity index (χ4v) is 3.02. The molecule has 0 saturated carbocycles. The van der Waals surface area contributed by atoms with E-state index < -0.39 is 22.8 Å². The molecule has 0 aliphatic carbocycles. The maximum Gasteiger partial charge on any atom is 0.327 e. The molecule has 21 heavy (non-hydrogen) atoms. The second-order valence-corrected chi connectivity index (χ2v) is 5.85. The van der Waals surface area contributed by atoms with Gasteiger partial charge in [-0.15, -0.1) is 11.8 Å². The maximum atomic E-state index is 11.0. The summed E-state index contributed by atoms with van der Waals surface area (Å²) < 4.78 is 0.439. The maximum absolute atomic E-state index is 11.0. The summed E-state index contributed by atoms with van der Waals surface area (Å²) in [6.45, 7) is 2.79. The van der Waals surface area contributed by atoms with E-state index in [1.807, 2.05) is 0 Å². The highest BCUT2D eigenvalue weighted by molar-refractivity contribution is 9.10. The van der Waals surface area contributed by atoms with Crippen LogP contribution in [0.1, 0.15) is 12.5 Å². The van der Waals surface area contributed by atoms with Crippen molar-refractivity contribution in [1.82, 2.24) is 10.3 Å². The number of thioether (sulfide) groups is 1. The molecule has 10 heteroatoms. The Kier molecular flexibility index (Phi) is 6.09. The monoisotopic (exact) mass is 377 g/mol. The number of carbonyl (C=O) groups excluding carboxylic acids is 1. The average Bonchev–Trinajstić information content (AvgIpc) is 2.37. The molecule has 1 rings (SSSR count). The molecule has 0 aliphatic heterocycles. The van der Waals surface area contributed by atoms with E-state index in [1.54, 1.807) is 6.92 Å². The highest BCUT2D eigenvalue weighted by Crippen LogP contribution is 2.33. The van der Waals surface area contributed by atoms with Gasteiger partial charge < -0.3 is 10.4 Å². The van der Waals surface area contributed by atoms with Crippen molar-refractivity contribution in [3.8, 4) is 0 Å². The van der Waals surface area contributed by atoms with Gasteiger partial charge in [-0.1, -0.05) is 0 Å². The molecule has 1 amide bonds. The third kappa shape index (κ3) is 4.67. The number of hydrogen-bond donors (Lipinski definition) is 2. The molecule has 0 fully saturated rings. The van der Waals surface area contributed by atoms with Crippen molar-refractivity contribution >= 4 is 45.3 Å². The first-order valence-electron chi connectivity index (χ1n) is 5.66. The van der Waals surface area contributed by atoms with Crippen molar-refractivity contribution < 1.29 is 19.6 Å². The second kappa shape index (κ2) is 7.36. The minimum absolute atomic E-state index is 0.0533. The quantitative estimate of drug-likeness (QED) is 0.439. The van der Waals surface area contributed by atoms with E-state index in [2.05, 4.69) is 26.2 Å². The van der Waals surface area contributed by atoms with Crippen molar-refractivity contribution in [3.63, 3.8) is 0 Å². The summed E-state index contributed by atoms with van der Waals surface area (Å²) in [6, 6.07) is -1.06. The van der Waals surface area contributed by atoms with Crippen LogP contribution < -0.4 is 5.32 Å². The normalized spacial score (nSPS) is 11.8. The lowest BCUT2D eigenvalue weighted by molar-refractivity contribution is -0.385. The van der Waals surface area contributed by atoms with Crippen molar-refractivity contribution in [1.29, 1.82) is 0 Å². The van der Waals surface area contributed by atoms with Crippen molar-refractivity contribution in [2.24, 2.45) is 0 Å². The summed E-state index contributed by atoms with van der Waals surface area (Å²) in [5, 5.41) is 22.5. The minimum atomic E-state index is -1.16. The van der Waals surface area contributed by atoms with Crippen LogP contribution >= 0.6 is 27.7 Å². The Hall–Kier alpha value is -1.68. The molecule has 1 heterocycles. The Morgan fingerprint density at radius 1 is 1.62 bits per heavy atom. The Bertz CT molecular complexity index is 595. The first kappa shape index (κ1) is 17.4. The van der Waals surface area contributed by atoms with Gasteiger partial charge in [-0.2, -0.15) is 0 Å². The van der Waals surface area contributed by atoms with Gasteiger partial charge in [-0.3, -0.25) is 14.9 Å². The predicted molar refractivity (Wildman–Crippen MR) is 79.3 cm³/mol. The number of aromatic nitrogens is 1. The fourth-order valence-electron chi connectivity index (χ4n) is 1.41. The number of carbonyl (C=O) groups is 2. The van der Waals surface area contributed by atoms with Crippen LogP contribution in [0, 0.1) is 17.0 Å². The molecule has 0 bridgehead atoms. The molecule has 2 N–H and O–H groups in total. The van der Waals surface area contributed by atoms with E-state index >= 15 is 0 Å². The number of halogens is 1. The summed E-state index contributed by atoms with van der Waals surface area (Å²) >= 11 is 4.30. The standard InChI is InChI=1S/C11H12BrN3O5S/c1-5-8(15(19)20)3-13-10(9(5)12)21-4-7(11(17)18)14-6(2)16/h3,7H,4H2,1-2H3,(H,14,16)(H,17,18)/t7-/m0/s1. The molecule has 0 saturated heterocycles. The molecule has 8 nitrogen and oxygen atoms in total. The molecule has 1 aromatic rings. The van der Waals surface area contributed by atoms with E-state index in [1.165, 1.54) is 6.92 Å². The zero-order valence-corrected chi connectivity index (χ0v) is 13.5. The Balaban J connectivity index is 2.88. The molecular weight excluding hydrogens is 366 g/mol. The molecule has 0 spiro atoms. The number of rotatable bonds is 6. The molecule has 1 atom stereocenters. The fraction of sp³-hybridized carbons (Fsp3) is 0.364. The van der Waals surface area contributed by atoms with Crippen molar-refractivity contribution in [2.45, 2.75) is 24.9 Å². The zero-order chi connectivity index (χ0) is 16.2. The van der Waals surface area contributed by atoms with Crippen LogP contribution in [0.25, 0.3) is 0 Å². The second-order valence-electron chi connectivity index (χ2n) is 4.05. The molecule has 114 valence electrons. The third-order valence-corrected chi connectivity index (χ3v) is 4.78. The molecular formula is C11H12BrN3O5S. The van der Waals surface area contributed by atoms with Crippen LogP contribution in [0.15, 0.2) is 15.7 Å². The molecule has 0 aliphatic rings. The number of nitrogens with one attached hydrogen (secondary N) is 1. The SMILES string of the molecule is CC(=O)N[C@@H](CSc1ncc([N+](=O)[O-])c(C)c1Br)C(=O)O. The molecule has 1 aromatic heterocycles. The Morgan fingerprint density at radius 2 is 2.24 bits per heavy atom. The summed E-state index contributed by atoms with van der Waals surface area (Å²) in [7, 11) is 0. The number of pyridine rings is 1. The van der Waals surface area contributed by atoms with E-state index in [0.29, 0.717) is 15.1 Å². The number of hydrogen-bond acceptors (Lipinski definition) is 6. The lowest BCUT2D eigenvalue weighted by atomic mass is 10.2. The molecule has 0 unspecified atom stereocenters. The summed E-state index contributed by atoms with van der Waals surface area (Å²) in [4.78, 5) is 36.1. The first-order valence-corrected chi connectivity index (χ1v) is 7.44. The van der Waals surface area contributed by atoms with Crippen molar-refractivity contribution in [2.75, 3.05) is 5.75 Å². The van der Waals surface area contributed by atoms with Gasteiger partial charge >= 0.3 is 5.97 Å². The largest absolute Gasteiger partial charge is 0.480 e. The average molecular weight is 378 g/mol. The summed E-state index contributed by atoms with van der Waals surface area (Å²) in [5.74, 6) is -1.56. The summed E-state index contributed by atoms with van der Waals surface area (Å²) in [5.41, 5.74) is 0.284. The molecule has 0 aromatic carbocycles. The van der Waals surface area contributed by atoms with Gasteiger partial charge in [0, 0.05) is 18.2 Å². The highest BCUT2D eigenvalue weighted by Gasteiger charge is 2.22. The lowest BCUT2D eigenvalue weighted by Crippen LogP contribution is -2.41. The van der Waals surface area contributed by atoms with Crippen LogP contribution in [0.3, 0.4) is 0 Å². The molecule has 0 radical (unpaired) electrons. The Labute approximate surface area is 132 Å². The van der Waals surface area contributed by atoms with E-state index in [9.17, 15) is 19.7 Å². The first-order chi connectivity index (χ1) is 9.73. The Morgan fingerprint density at radius 3 is 2.71 bits per heavy atom. The number of amides is 1. The highest BCUT2D eigenvalue weighted by atomic mass is 79.9. The van der Waals surface area contributed by atoms with Crippen LogP contribution in [-0.2, 0) is 9.59 Å². The third-order valence-electron chi connectivity index (χ3n) is 2.46. The zero-order valence-electron chi connectivity index (χ0n) is 11.1. The van der Waals surface area contributed by atoms with E-state index in [0.717, 1.165) is 18.0 Å². The summed E-state index contributed by atoms with van der Waals surface area (Å²) in [6.07, 6.45) is 1.12. The van der Waals surface area contributed by atoms with Crippen LogP contribution in [0.4, 0.5) is 5.69 Å². The van der Waals surface area contributed by atoms with Gasteiger partial charge in [0.05, 0.1) is 9.40 Å². The smallest absolute Gasteiger partial charge is 0.327 e. The number of nitrogens with zero attached hydrogens (tertiary/aromatic N) is 2. The van der Waals surface area contributed by atoms with Gasteiger partial charge in [0.1, 0.15) is 17.3 Å². The number of aliphatic carboxylic acids is 1. The van der Waals surface area contributed by atoms with Gasteiger partial charge in [0.25, 0.3) is 5.69 Å². The van der Waals surface area contributed by atoms with Crippen molar-refractivity contribution in [3.05, 3.63) is 26.3 Å². The van der Waals surface area contributed by atoms with Crippen LogP contribution in [0.2, 0.25) is 0 Å². The van der Waals surface area contributed by atoms with Gasteiger partial charge in [-0.05, 0) is 22.9 Å². The van der Waals surface area contributed by atoms with Gasteiger partial charge in [0.15, 0.2) is 0 Å². The van der Waals surface area contributed by atoms with E-state index in [-0.39, 0.29) is 11.4 Å². The van der Waals surface area contributed by atoms with E-state index in [4.69, 9.17) is 5.11 Å². The topological polar surface area (TPSA) is 122 Å². The number of nitro groups is 1. The predicted octanol–water partition coefficient (Wildman–Crippen LogP) is 1.74. The lowest BCUT2D eigenvalue weighted by Gasteiger charge is -2.13. The van der Waals surface area contributed by atoms with Crippen LogP contribution in [-0.4, -0.2) is 38.7 Å².